The minimum atomic E-state index is -0.167. The highest BCUT2D eigenvalue weighted by Gasteiger charge is 2.00. The van der Waals surface area contributed by atoms with Crippen molar-refractivity contribution in [2.75, 3.05) is 12.3 Å². The van der Waals surface area contributed by atoms with Crippen LogP contribution in [0.25, 0.3) is 0 Å². The Hall–Kier alpha value is -2.01. The van der Waals surface area contributed by atoms with E-state index >= 15 is 0 Å². The van der Waals surface area contributed by atoms with Crippen molar-refractivity contribution in [3.05, 3.63) is 53.7 Å². The predicted molar refractivity (Wildman–Crippen MR) is 68.3 cm³/mol. The van der Waals surface area contributed by atoms with Gasteiger partial charge in [0, 0.05) is 6.20 Å². The molecule has 0 spiro atoms. The minimum Gasteiger partial charge on any atom is -0.384 e. The number of rotatable bonds is 5. The number of nitrogens with two attached hydrogens (primary N) is 1. The molecule has 0 aliphatic heterocycles. The highest BCUT2D eigenvalue weighted by molar-refractivity contribution is 5.25. The van der Waals surface area contributed by atoms with Crippen LogP contribution in [0.5, 0.6) is 0 Å². The zero-order chi connectivity index (χ0) is 12.8. The van der Waals surface area contributed by atoms with Gasteiger partial charge in [0.1, 0.15) is 17.5 Å². The Morgan fingerprint density at radius 2 is 2.06 bits per heavy atom. The molecule has 0 aliphatic rings. The van der Waals surface area contributed by atoms with Crippen molar-refractivity contribution in [3.63, 3.8) is 0 Å². The molecule has 0 radical (unpaired) electrons. The first-order valence-corrected chi connectivity index (χ1v) is 5.77. The SMILES string of the molecule is Nc1ccnc(CNCCc2ccccc2F)n1. The van der Waals surface area contributed by atoms with Gasteiger partial charge in [-0.3, -0.25) is 0 Å². The largest absolute Gasteiger partial charge is 0.384 e. The summed E-state index contributed by atoms with van der Waals surface area (Å²) in [5, 5.41) is 3.16. The van der Waals surface area contributed by atoms with Crippen LogP contribution in [-0.4, -0.2) is 16.5 Å². The van der Waals surface area contributed by atoms with Gasteiger partial charge in [-0.15, -0.1) is 0 Å². The van der Waals surface area contributed by atoms with E-state index in [0.717, 1.165) is 0 Å². The number of anilines is 1. The van der Waals surface area contributed by atoms with Crippen LogP contribution in [0.4, 0.5) is 10.2 Å². The second-order valence-electron chi connectivity index (χ2n) is 3.92. The van der Waals surface area contributed by atoms with Gasteiger partial charge in [-0.25, -0.2) is 14.4 Å². The third-order valence-electron chi connectivity index (χ3n) is 2.54. The molecule has 0 aliphatic carbocycles. The number of benzene rings is 1. The van der Waals surface area contributed by atoms with Gasteiger partial charge < -0.3 is 11.1 Å². The van der Waals surface area contributed by atoms with E-state index in [1.165, 1.54) is 6.07 Å². The van der Waals surface area contributed by atoms with Gasteiger partial charge in [0.25, 0.3) is 0 Å². The van der Waals surface area contributed by atoms with Crippen LogP contribution in [0.2, 0.25) is 0 Å². The van der Waals surface area contributed by atoms with Crippen LogP contribution < -0.4 is 11.1 Å². The molecular weight excluding hydrogens is 231 g/mol. The standard InChI is InChI=1S/C13H15FN4/c14-11-4-2-1-3-10(11)5-7-16-9-13-17-8-6-12(15)18-13/h1-4,6,8,16H,5,7,9H2,(H2,15,17,18). The Morgan fingerprint density at radius 3 is 2.83 bits per heavy atom. The number of hydrogen-bond donors (Lipinski definition) is 2. The summed E-state index contributed by atoms with van der Waals surface area (Å²) in [6.07, 6.45) is 2.26. The first kappa shape index (κ1) is 12.4. The molecule has 18 heavy (non-hydrogen) atoms. The van der Waals surface area contributed by atoms with Gasteiger partial charge in [0.2, 0.25) is 0 Å². The summed E-state index contributed by atoms with van der Waals surface area (Å²) < 4.78 is 13.3. The lowest BCUT2D eigenvalue weighted by Gasteiger charge is -2.05. The summed E-state index contributed by atoms with van der Waals surface area (Å²) in [5.74, 6) is 0.930. The van der Waals surface area contributed by atoms with Gasteiger partial charge >= 0.3 is 0 Å². The van der Waals surface area contributed by atoms with Crippen LogP contribution in [0.1, 0.15) is 11.4 Å². The zero-order valence-corrected chi connectivity index (χ0v) is 9.94. The van der Waals surface area contributed by atoms with E-state index in [9.17, 15) is 4.39 Å². The maximum absolute atomic E-state index is 13.3. The first-order chi connectivity index (χ1) is 8.75. The fourth-order valence-electron chi connectivity index (χ4n) is 1.62. The average Bonchev–Trinajstić information content (AvgIpc) is 2.37. The molecule has 4 nitrogen and oxygen atoms in total. The third kappa shape index (κ3) is 3.49. The maximum atomic E-state index is 13.3. The highest BCUT2D eigenvalue weighted by atomic mass is 19.1. The molecule has 0 fully saturated rings. The number of nitrogens with zero attached hydrogens (tertiary/aromatic N) is 2. The smallest absolute Gasteiger partial charge is 0.144 e. The van der Waals surface area contributed by atoms with Gasteiger partial charge in [-0.05, 0) is 30.7 Å². The van der Waals surface area contributed by atoms with E-state index in [4.69, 9.17) is 5.73 Å². The summed E-state index contributed by atoms with van der Waals surface area (Å²) in [7, 11) is 0. The molecule has 5 heteroatoms. The fourth-order valence-corrected chi connectivity index (χ4v) is 1.62. The van der Waals surface area contributed by atoms with Crippen molar-refractivity contribution in [1.82, 2.24) is 15.3 Å². The van der Waals surface area contributed by atoms with E-state index in [0.29, 0.717) is 36.7 Å². The molecule has 1 heterocycles. The Morgan fingerprint density at radius 1 is 1.22 bits per heavy atom. The molecule has 2 rings (SSSR count). The lowest BCUT2D eigenvalue weighted by Crippen LogP contribution is -2.19. The van der Waals surface area contributed by atoms with Crippen LogP contribution in [0.15, 0.2) is 36.5 Å². The molecule has 2 aromatic rings. The van der Waals surface area contributed by atoms with E-state index in [1.807, 2.05) is 6.07 Å². The fraction of sp³-hybridized carbons (Fsp3) is 0.231. The summed E-state index contributed by atoms with van der Waals surface area (Å²) in [6, 6.07) is 8.42. The van der Waals surface area contributed by atoms with Crippen LogP contribution in [0, 0.1) is 5.82 Å². The lowest BCUT2D eigenvalue weighted by atomic mass is 10.1. The normalized spacial score (nSPS) is 10.5. The Bertz CT molecular complexity index is 516. The number of aromatic nitrogens is 2. The molecule has 0 amide bonds. The van der Waals surface area contributed by atoms with Crippen LogP contribution >= 0.6 is 0 Å². The van der Waals surface area contributed by atoms with Crippen molar-refractivity contribution in [1.29, 1.82) is 0 Å². The van der Waals surface area contributed by atoms with Gasteiger partial charge in [-0.1, -0.05) is 18.2 Å². The molecule has 0 unspecified atom stereocenters. The van der Waals surface area contributed by atoms with E-state index < -0.39 is 0 Å². The quantitative estimate of drug-likeness (QED) is 0.785. The molecule has 0 bridgehead atoms. The van der Waals surface area contributed by atoms with E-state index in [-0.39, 0.29) is 5.82 Å². The molecule has 0 saturated carbocycles. The van der Waals surface area contributed by atoms with E-state index in [1.54, 1.807) is 24.4 Å². The summed E-state index contributed by atoms with van der Waals surface area (Å²) in [5.41, 5.74) is 6.25. The number of hydrogen-bond acceptors (Lipinski definition) is 4. The van der Waals surface area contributed by atoms with Crippen LogP contribution in [-0.2, 0) is 13.0 Å². The van der Waals surface area contributed by atoms with Crippen molar-refractivity contribution in [2.45, 2.75) is 13.0 Å². The van der Waals surface area contributed by atoms with Gasteiger partial charge in [-0.2, -0.15) is 0 Å². The highest BCUT2D eigenvalue weighted by Crippen LogP contribution is 2.06. The first-order valence-electron chi connectivity index (χ1n) is 5.77. The maximum Gasteiger partial charge on any atom is 0.144 e. The summed E-state index contributed by atoms with van der Waals surface area (Å²) in [6.45, 7) is 1.19. The molecule has 1 aromatic carbocycles. The second-order valence-corrected chi connectivity index (χ2v) is 3.92. The Labute approximate surface area is 105 Å². The zero-order valence-electron chi connectivity index (χ0n) is 9.94. The number of halogens is 1. The molecule has 3 N–H and O–H groups in total. The van der Waals surface area contributed by atoms with Crippen molar-refractivity contribution in [3.8, 4) is 0 Å². The summed E-state index contributed by atoms with van der Waals surface area (Å²) >= 11 is 0. The van der Waals surface area contributed by atoms with Crippen molar-refractivity contribution < 1.29 is 4.39 Å². The average molecular weight is 246 g/mol. The topological polar surface area (TPSA) is 63.8 Å². The lowest BCUT2D eigenvalue weighted by molar-refractivity contribution is 0.594. The molecular formula is C13H15FN4. The molecule has 0 atom stereocenters. The number of nitrogens with one attached hydrogen (secondary N) is 1. The Balaban J connectivity index is 1.78. The summed E-state index contributed by atoms with van der Waals surface area (Å²) in [4.78, 5) is 8.14. The van der Waals surface area contributed by atoms with Gasteiger partial charge in [0.05, 0.1) is 6.54 Å². The Kier molecular flexibility index (Phi) is 4.20. The molecule has 1 aromatic heterocycles. The van der Waals surface area contributed by atoms with Gasteiger partial charge in [0.15, 0.2) is 0 Å². The minimum absolute atomic E-state index is 0.167. The molecule has 94 valence electrons. The van der Waals surface area contributed by atoms with Crippen LogP contribution in [0.3, 0.4) is 0 Å². The van der Waals surface area contributed by atoms with E-state index in [2.05, 4.69) is 15.3 Å². The molecule has 0 saturated heterocycles. The van der Waals surface area contributed by atoms with Crippen molar-refractivity contribution >= 4 is 5.82 Å². The third-order valence-corrected chi connectivity index (χ3v) is 2.54. The monoisotopic (exact) mass is 246 g/mol. The second kappa shape index (κ2) is 6.07. The van der Waals surface area contributed by atoms with Crippen molar-refractivity contribution in [2.24, 2.45) is 0 Å². The number of nitrogen functional groups attached to an aromatic ring is 1. The predicted octanol–water partition coefficient (Wildman–Crippen LogP) is 1.53.